The molecule has 0 radical (unpaired) electrons. The monoisotopic (exact) mass is 361 g/mol. The predicted octanol–water partition coefficient (Wildman–Crippen LogP) is 2.53. The highest BCUT2D eigenvalue weighted by Crippen LogP contribution is 2.45. The van der Waals surface area contributed by atoms with Gasteiger partial charge in [-0.3, -0.25) is 24.7 Å². The highest BCUT2D eigenvalue weighted by atomic mass is 16.6. The molecule has 0 aromatic heterocycles. The van der Waals surface area contributed by atoms with Crippen molar-refractivity contribution in [1.29, 1.82) is 0 Å². The van der Waals surface area contributed by atoms with Gasteiger partial charge in [-0.25, -0.2) is 0 Å². The van der Waals surface area contributed by atoms with Crippen molar-refractivity contribution in [3.63, 3.8) is 0 Å². The largest absolute Gasteiger partial charge is 0.481 e. The number of nitro benzene ring substituents is 1. The lowest BCUT2D eigenvalue weighted by molar-refractivity contribution is -0.384. The number of nitrogens with one attached hydrogen (secondary N) is 1. The molecule has 26 heavy (non-hydrogen) atoms. The molecular weight excluding hydrogens is 338 g/mol. The van der Waals surface area contributed by atoms with Crippen molar-refractivity contribution in [1.82, 2.24) is 5.32 Å². The van der Waals surface area contributed by atoms with Crippen molar-refractivity contribution >= 4 is 23.8 Å². The first-order valence-corrected chi connectivity index (χ1v) is 8.54. The van der Waals surface area contributed by atoms with Gasteiger partial charge in [0.1, 0.15) is 0 Å². The molecule has 2 N–H and O–H groups in total. The Morgan fingerprint density at radius 1 is 1.35 bits per heavy atom. The zero-order chi connectivity index (χ0) is 19.5. The van der Waals surface area contributed by atoms with Crippen molar-refractivity contribution in [3.8, 4) is 0 Å². The number of nitro groups is 1. The first-order chi connectivity index (χ1) is 12.3. The second-order valence-corrected chi connectivity index (χ2v) is 6.52. The quantitative estimate of drug-likeness (QED) is 0.439. The molecule has 0 spiro atoms. The maximum Gasteiger partial charge on any atom is 0.309 e. The molecule has 0 saturated carbocycles. The molecule has 1 heterocycles. The summed E-state index contributed by atoms with van der Waals surface area (Å²) < 4.78 is 0. The Hall–Kier alpha value is -2.77. The Morgan fingerprint density at radius 3 is 2.35 bits per heavy atom. The lowest BCUT2D eigenvalue weighted by Gasteiger charge is -2.46. The van der Waals surface area contributed by atoms with Gasteiger partial charge in [-0.1, -0.05) is 26.0 Å². The van der Waals surface area contributed by atoms with Gasteiger partial charge >= 0.3 is 5.97 Å². The van der Waals surface area contributed by atoms with E-state index >= 15 is 0 Å². The number of hydrogen-bond donors (Lipinski definition) is 2. The summed E-state index contributed by atoms with van der Waals surface area (Å²) in [6, 6.07) is 5.25. The summed E-state index contributed by atoms with van der Waals surface area (Å²) in [7, 11) is 0. The minimum Gasteiger partial charge on any atom is -0.481 e. The van der Waals surface area contributed by atoms with Gasteiger partial charge in [0.25, 0.3) is 5.69 Å². The number of aliphatic imine (C=N–C) groups is 1. The molecule has 0 bridgehead atoms. The van der Waals surface area contributed by atoms with Crippen molar-refractivity contribution in [2.45, 2.75) is 51.1 Å². The summed E-state index contributed by atoms with van der Waals surface area (Å²) in [4.78, 5) is 38.4. The summed E-state index contributed by atoms with van der Waals surface area (Å²) in [5.74, 6) is -2.43. The molecule has 1 aliphatic heterocycles. The number of carbonyl (C=O) groups excluding carboxylic acids is 1. The third-order valence-corrected chi connectivity index (χ3v) is 5.37. The lowest BCUT2D eigenvalue weighted by Crippen LogP contribution is -2.56. The standard InChI is InChI=1S/C18H23N3O5/c1-4-18(5-2)15(17(23)24)14(16(19-10-22)11(3)20-18)12-6-8-13(9-7-12)21(25)26/h6-10,14-16H,4-5H2,1-3H3,(H,19,22)(H,23,24). The molecule has 2 rings (SSSR count). The molecule has 1 aliphatic rings. The Labute approximate surface area is 151 Å². The highest BCUT2D eigenvalue weighted by molar-refractivity contribution is 5.93. The van der Waals surface area contributed by atoms with E-state index in [0.29, 0.717) is 30.5 Å². The van der Waals surface area contributed by atoms with E-state index in [1.807, 2.05) is 13.8 Å². The first-order valence-electron chi connectivity index (χ1n) is 8.54. The van der Waals surface area contributed by atoms with Crippen LogP contribution in [0.25, 0.3) is 0 Å². The van der Waals surface area contributed by atoms with Crippen molar-refractivity contribution in [2.75, 3.05) is 0 Å². The van der Waals surface area contributed by atoms with Crippen LogP contribution in [0.3, 0.4) is 0 Å². The van der Waals surface area contributed by atoms with Crippen LogP contribution in [0, 0.1) is 16.0 Å². The molecule has 3 unspecified atom stereocenters. The van der Waals surface area contributed by atoms with Crippen LogP contribution in [-0.4, -0.2) is 39.7 Å². The second kappa shape index (κ2) is 7.63. The molecule has 1 aromatic carbocycles. The molecule has 3 atom stereocenters. The van der Waals surface area contributed by atoms with E-state index in [4.69, 9.17) is 0 Å². The third kappa shape index (κ3) is 3.31. The lowest BCUT2D eigenvalue weighted by atomic mass is 9.65. The molecule has 1 amide bonds. The zero-order valence-electron chi connectivity index (χ0n) is 15.0. The van der Waals surface area contributed by atoms with Crippen LogP contribution in [0.5, 0.6) is 0 Å². The van der Waals surface area contributed by atoms with E-state index in [2.05, 4.69) is 10.3 Å². The molecule has 0 saturated heterocycles. The van der Waals surface area contributed by atoms with E-state index < -0.39 is 34.3 Å². The minimum atomic E-state index is -0.994. The molecule has 0 aliphatic carbocycles. The Balaban J connectivity index is 2.65. The summed E-state index contributed by atoms with van der Waals surface area (Å²) in [5, 5.41) is 23.6. The van der Waals surface area contributed by atoms with Gasteiger partial charge < -0.3 is 10.4 Å². The number of carbonyl (C=O) groups is 2. The number of hydrogen-bond acceptors (Lipinski definition) is 5. The van der Waals surface area contributed by atoms with Gasteiger partial charge in [0, 0.05) is 23.8 Å². The van der Waals surface area contributed by atoms with Crippen molar-refractivity contribution in [3.05, 3.63) is 39.9 Å². The van der Waals surface area contributed by atoms with Gasteiger partial charge in [-0.05, 0) is 25.3 Å². The number of amides is 1. The van der Waals surface area contributed by atoms with Gasteiger partial charge in [-0.2, -0.15) is 0 Å². The fourth-order valence-corrected chi connectivity index (χ4v) is 4.01. The number of non-ortho nitro benzene ring substituents is 1. The number of rotatable bonds is 7. The first kappa shape index (κ1) is 19.6. The molecular formula is C18H23N3O5. The Bertz CT molecular complexity index is 725. The van der Waals surface area contributed by atoms with Crippen LogP contribution < -0.4 is 5.32 Å². The van der Waals surface area contributed by atoms with E-state index in [9.17, 15) is 24.8 Å². The van der Waals surface area contributed by atoms with Crippen LogP contribution in [0.15, 0.2) is 29.3 Å². The Kier molecular flexibility index (Phi) is 5.74. The topological polar surface area (TPSA) is 122 Å². The summed E-state index contributed by atoms with van der Waals surface area (Å²) in [6.45, 7) is 5.57. The van der Waals surface area contributed by atoms with Gasteiger partial charge in [0.05, 0.1) is 22.4 Å². The number of nitrogens with zero attached hydrogens (tertiary/aromatic N) is 2. The predicted molar refractivity (Wildman–Crippen MR) is 96.4 cm³/mol. The normalized spacial score (nSPS) is 24.4. The molecule has 1 aromatic rings. The highest BCUT2D eigenvalue weighted by Gasteiger charge is 2.52. The van der Waals surface area contributed by atoms with E-state index in [0.717, 1.165) is 0 Å². The number of carboxylic acid groups (broad SMARTS) is 1. The fraction of sp³-hybridized carbons (Fsp3) is 0.500. The van der Waals surface area contributed by atoms with Crippen LogP contribution in [0.4, 0.5) is 5.69 Å². The molecule has 140 valence electrons. The van der Waals surface area contributed by atoms with Gasteiger partial charge in [0.15, 0.2) is 0 Å². The molecule has 0 fully saturated rings. The van der Waals surface area contributed by atoms with Crippen molar-refractivity contribution in [2.24, 2.45) is 10.9 Å². The number of carboxylic acids is 1. The van der Waals surface area contributed by atoms with E-state index in [-0.39, 0.29) is 5.69 Å². The van der Waals surface area contributed by atoms with Gasteiger partial charge in [0.2, 0.25) is 6.41 Å². The average Bonchev–Trinajstić information content (AvgIpc) is 2.62. The fourth-order valence-electron chi connectivity index (χ4n) is 4.01. The minimum absolute atomic E-state index is 0.0704. The van der Waals surface area contributed by atoms with Crippen molar-refractivity contribution < 1.29 is 19.6 Å². The Morgan fingerprint density at radius 2 is 1.92 bits per heavy atom. The second-order valence-electron chi connectivity index (χ2n) is 6.52. The van der Waals surface area contributed by atoms with Crippen LogP contribution in [0.1, 0.15) is 45.1 Å². The van der Waals surface area contributed by atoms with Gasteiger partial charge in [-0.15, -0.1) is 0 Å². The molecule has 8 nitrogen and oxygen atoms in total. The summed E-state index contributed by atoms with van der Waals surface area (Å²) in [5.41, 5.74) is 0.423. The van der Waals surface area contributed by atoms with Crippen LogP contribution in [-0.2, 0) is 9.59 Å². The maximum atomic E-state index is 12.2. The van der Waals surface area contributed by atoms with Crippen LogP contribution in [0.2, 0.25) is 0 Å². The third-order valence-electron chi connectivity index (χ3n) is 5.37. The van der Waals surface area contributed by atoms with Crippen LogP contribution >= 0.6 is 0 Å². The number of benzene rings is 1. The number of aliphatic carboxylic acids is 1. The average molecular weight is 361 g/mol. The smallest absolute Gasteiger partial charge is 0.309 e. The SMILES string of the molecule is CCC1(CC)N=C(C)C(NC=O)C(c2ccc([N+](=O)[O-])cc2)C1C(=O)O. The van der Waals surface area contributed by atoms with E-state index in [1.54, 1.807) is 19.1 Å². The maximum absolute atomic E-state index is 12.2. The summed E-state index contributed by atoms with van der Waals surface area (Å²) in [6.07, 6.45) is 1.61. The van der Waals surface area contributed by atoms with E-state index in [1.165, 1.54) is 12.1 Å². The summed E-state index contributed by atoms with van der Waals surface area (Å²) >= 11 is 0. The zero-order valence-corrected chi connectivity index (χ0v) is 15.0. The molecule has 8 heteroatoms.